The summed E-state index contributed by atoms with van der Waals surface area (Å²) < 4.78 is 11.3. The number of hydrogen-bond donors (Lipinski definition) is 2. The summed E-state index contributed by atoms with van der Waals surface area (Å²) in [6.07, 6.45) is 3.58. The number of benzene rings is 2. The minimum Gasteiger partial charge on any atom is -0.497 e. The Morgan fingerprint density at radius 2 is 1.82 bits per heavy atom. The maximum absolute atomic E-state index is 11.7. The SMILES string of the molecule is C=c1cc(C)c(C(N)=O)c/c1=C(/C=C\C)Oc1cc(NC(C)=O)cc(OC)c1. The smallest absolute Gasteiger partial charge is 0.248 e. The van der Waals surface area contributed by atoms with Crippen LogP contribution in [0.1, 0.15) is 29.8 Å². The second kappa shape index (κ2) is 8.90. The number of nitrogens with one attached hydrogen (secondary N) is 1. The number of carbonyl (C=O) groups excluding carboxylic acids is 2. The number of rotatable bonds is 6. The van der Waals surface area contributed by atoms with Gasteiger partial charge in [0.05, 0.1) is 7.11 Å². The molecule has 2 aromatic rings. The van der Waals surface area contributed by atoms with E-state index in [0.29, 0.717) is 38.9 Å². The fraction of sp³-hybridized carbons (Fsp3) is 0.182. The van der Waals surface area contributed by atoms with Crippen LogP contribution in [0.4, 0.5) is 5.69 Å². The molecule has 6 nitrogen and oxygen atoms in total. The lowest BCUT2D eigenvalue weighted by atomic mass is 10.0. The lowest BCUT2D eigenvalue weighted by molar-refractivity contribution is -0.114. The highest BCUT2D eigenvalue weighted by Crippen LogP contribution is 2.27. The number of hydrogen-bond acceptors (Lipinski definition) is 4. The molecule has 0 unspecified atom stereocenters. The van der Waals surface area contributed by atoms with Gasteiger partial charge in [-0.15, -0.1) is 0 Å². The summed E-state index contributed by atoms with van der Waals surface area (Å²) in [5.41, 5.74) is 7.17. The highest BCUT2D eigenvalue weighted by molar-refractivity contribution is 5.94. The minimum atomic E-state index is -0.520. The van der Waals surface area contributed by atoms with Gasteiger partial charge < -0.3 is 20.5 Å². The van der Waals surface area contributed by atoms with Crippen LogP contribution in [0.2, 0.25) is 0 Å². The van der Waals surface area contributed by atoms with E-state index in [2.05, 4.69) is 11.9 Å². The van der Waals surface area contributed by atoms with Crippen molar-refractivity contribution in [2.45, 2.75) is 20.8 Å². The Morgan fingerprint density at radius 3 is 2.39 bits per heavy atom. The van der Waals surface area contributed by atoms with Crippen molar-refractivity contribution < 1.29 is 19.1 Å². The van der Waals surface area contributed by atoms with Crippen molar-refractivity contribution in [2.75, 3.05) is 12.4 Å². The molecule has 0 heterocycles. The van der Waals surface area contributed by atoms with Gasteiger partial charge in [-0.05, 0) is 36.8 Å². The van der Waals surface area contributed by atoms with Crippen molar-refractivity contribution in [3.8, 4) is 11.5 Å². The summed E-state index contributed by atoms with van der Waals surface area (Å²) >= 11 is 0. The molecule has 28 heavy (non-hydrogen) atoms. The lowest BCUT2D eigenvalue weighted by Crippen LogP contribution is -2.30. The molecule has 0 aromatic heterocycles. The zero-order valence-electron chi connectivity index (χ0n) is 16.5. The van der Waals surface area contributed by atoms with Crippen LogP contribution in [0.5, 0.6) is 11.5 Å². The molecule has 2 amide bonds. The Kier molecular flexibility index (Phi) is 6.60. The molecule has 0 saturated carbocycles. The highest BCUT2D eigenvalue weighted by atomic mass is 16.5. The van der Waals surface area contributed by atoms with E-state index in [-0.39, 0.29) is 5.91 Å². The second-order valence-corrected chi connectivity index (χ2v) is 6.23. The van der Waals surface area contributed by atoms with Crippen LogP contribution < -0.4 is 31.0 Å². The fourth-order valence-electron chi connectivity index (χ4n) is 2.74. The van der Waals surface area contributed by atoms with Crippen LogP contribution >= 0.6 is 0 Å². The molecule has 0 aliphatic rings. The molecule has 0 bridgehead atoms. The van der Waals surface area contributed by atoms with E-state index in [4.69, 9.17) is 15.2 Å². The number of primary amides is 1. The van der Waals surface area contributed by atoms with E-state index >= 15 is 0 Å². The first-order valence-corrected chi connectivity index (χ1v) is 8.66. The van der Waals surface area contributed by atoms with Crippen LogP contribution in [0, 0.1) is 6.92 Å². The van der Waals surface area contributed by atoms with Gasteiger partial charge in [0.2, 0.25) is 11.8 Å². The number of ether oxygens (including phenoxy) is 2. The molecular formula is C22H24N2O4. The third kappa shape index (κ3) is 5.01. The third-order valence-corrected chi connectivity index (χ3v) is 3.96. The second-order valence-electron chi connectivity index (χ2n) is 6.23. The average molecular weight is 380 g/mol. The summed E-state index contributed by atoms with van der Waals surface area (Å²) in [6.45, 7) is 9.12. The zero-order valence-corrected chi connectivity index (χ0v) is 16.5. The Morgan fingerprint density at radius 1 is 1.14 bits per heavy atom. The van der Waals surface area contributed by atoms with Crippen LogP contribution in [0.25, 0.3) is 12.3 Å². The van der Waals surface area contributed by atoms with Gasteiger partial charge in [0.15, 0.2) is 0 Å². The molecule has 146 valence electrons. The quantitative estimate of drug-likeness (QED) is 0.804. The van der Waals surface area contributed by atoms with Gasteiger partial charge in [0, 0.05) is 41.6 Å². The largest absolute Gasteiger partial charge is 0.497 e. The summed E-state index contributed by atoms with van der Waals surface area (Å²) in [5, 5.41) is 4.04. The molecule has 0 spiro atoms. The van der Waals surface area contributed by atoms with Crippen LogP contribution in [0.15, 0.2) is 42.5 Å². The number of aryl methyl sites for hydroxylation is 1. The number of carbonyl (C=O) groups is 2. The first-order valence-electron chi connectivity index (χ1n) is 8.66. The molecule has 6 heteroatoms. The Balaban J connectivity index is 2.65. The summed E-state index contributed by atoms with van der Waals surface area (Å²) in [7, 11) is 1.53. The number of methoxy groups -OCH3 is 1. The Hall–Kier alpha value is -3.54. The maximum atomic E-state index is 11.7. The standard InChI is InChI=1S/C22H24N2O4/c1-6-7-21(19-12-20(22(23)26)14(3)8-13(19)2)28-18-10-16(24-15(4)25)9-17(11-18)27-5/h6-12H,2H2,1,3-5H3,(H2,23,26)(H,24,25)/b7-6-,21-19+. The van der Waals surface area contributed by atoms with Gasteiger partial charge in [-0.2, -0.15) is 0 Å². The average Bonchev–Trinajstić information content (AvgIpc) is 2.60. The molecular weight excluding hydrogens is 356 g/mol. The van der Waals surface area contributed by atoms with Gasteiger partial charge in [0.25, 0.3) is 0 Å². The summed E-state index contributed by atoms with van der Waals surface area (Å²) in [4.78, 5) is 23.1. The topological polar surface area (TPSA) is 90.7 Å². The van der Waals surface area contributed by atoms with E-state index in [1.807, 2.05) is 13.0 Å². The van der Waals surface area contributed by atoms with Crippen molar-refractivity contribution in [3.63, 3.8) is 0 Å². The molecule has 2 aromatic carbocycles. The number of nitrogens with two attached hydrogens (primary N) is 1. The van der Waals surface area contributed by atoms with Gasteiger partial charge >= 0.3 is 0 Å². The third-order valence-electron chi connectivity index (χ3n) is 3.96. The van der Waals surface area contributed by atoms with Crippen molar-refractivity contribution in [1.82, 2.24) is 0 Å². The zero-order chi connectivity index (χ0) is 20.8. The van der Waals surface area contributed by atoms with Gasteiger partial charge in [-0.25, -0.2) is 0 Å². The van der Waals surface area contributed by atoms with E-state index < -0.39 is 5.91 Å². The van der Waals surface area contributed by atoms with Gasteiger partial charge in [-0.1, -0.05) is 18.7 Å². The maximum Gasteiger partial charge on any atom is 0.248 e. The van der Waals surface area contributed by atoms with E-state index in [1.54, 1.807) is 43.3 Å². The first-order chi connectivity index (χ1) is 13.2. The van der Waals surface area contributed by atoms with E-state index in [9.17, 15) is 9.59 Å². The van der Waals surface area contributed by atoms with E-state index in [1.165, 1.54) is 14.0 Å². The van der Waals surface area contributed by atoms with Crippen LogP contribution in [0.3, 0.4) is 0 Å². The molecule has 3 N–H and O–H groups in total. The highest BCUT2D eigenvalue weighted by Gasteiger charge is 2.09. The van der Waals surface area contributed by atoms with Crippen molar-refractivity contribution in [1.29, 1.82) is 0 Å². The first kappa shape index (κ1) is 20.8. The molecule has 2 rings (SSSR count). The molecule has 0 saturated heterocycles. The molecule has 0 radical (unpaired) electrons. The summed E-state index contributed by atoms with van der Waals surface area (Å²) in [5.74, 6) is 0.737. The van der Waals surface area contributed by atoms with Crippen LogP contribution in [-0.2, 0) is 4.79 Å². The predicted molar refractivity (Wildman–Crippen MR) is 111 cm³/mol. The van der Waals surface area contributed by atoms with Crippen molar-refractivity contribution in [2.24, 2.45) is 5.73 Å². The lowest BCUT2D eigenvalue weighted by Gasteiger charge is -2.12. The van der Waals surface area contributed by atoms with Crippen LogP contribution in [-0.4, -0.2) is 18.9 Å². The normalized spacial score (nSPS) is 11.9. The molecule has 0 aliphatic carbocycles. The molecule has 0 atom stereocenters. The predicted octanol–water partition coefficient (Wildman–Crippen LogP) is 2.23. The number of amides is 2. The van der Waals surface area contributed by atoms with Gasteiger partial charge in [-0.3, -0.25) is 9.59 Å². The fourth-order valence-corrected chi connectivity index (χ4v) is 2.74. The summed E-state index contributed by atoms with van der Waals surface area (Å²) in [6, 6.07) is 8.52. The Bertz CT molecular complexity index is 1050. The van der Waals surface area contributed by atoms with Crippen molar-refractivity contribution in [3.05, 3.63) is 64.0 Å². The molecule has 0 fully saturated rings. The monoisotopic (exact) mass is 380 g/mol. The van der Waals surface area contributed by atoms with E-state index in [0.717, 1.165) is 5.56 Å². The number of allylic oxidation sites excluding steroid dienone is 1. The van der Waals surface area contributed by atoms with Crippen molar-refractivity contribution >= 4 is 29.8 Å². The number of anilines is 1. The minimum absolute atomic E-state index is 0.207. The molecule has 0 aliphatic heterocycles. The van der Waals surface area contributed by atoms with Gasteiger partial charge in [0.1, 0.15) is 17.3 Å². The Labute approximate surface area is 164 Å².